The highest BCUT2D eigenvalue weighted by Crippen LogP contribution is 2.28. The molecular formula is C27H33ClN2O6. The van der Waals surface area contributed by atoms with Gasteiger partial charge in [0.2, 0.25) is 5.91 Å². The molecule has 4 rings (SSSR count). The molecular weight excluding hydrogens is 484 g/mol. The number of carbonyl (C=O) groups excluding carboxylic acids is 2. The second kappa shape index (κ2) is 12.0. The van der Waals surface area contributed by atoms with E-state index < -0.39 is 5.60 Å². The number of ether oxygens (including phenoxy) is 4. The van der Waals surface area contributed by atoms with Crippen molar-refractivity contribution in [1.82, 2.24) is 9.80 Å². The highest BCUT2D eigenvalue weighted by Gasteiger charge is 2.42. The summed E-state index contributed by atoms with van der Waals surface area (Å²) >= 11 is 6.15. The van der Waals surface area contributed by atoms with Gasteiger partial charge in [-0.3, -0.25) is 9.59 Å². The van der Waals surface area contributed by atoms with E-state index in [0.717, 1.165) is 11.1 Å². The number of hydrogen-bond acceptors (Lipinski definition) is 6. The second-order valence-electron chi connectivity index (χ2n) is 9.27. The van der Waals surface area contributed by atoms with Gasteiger partial charge in [0.15, 0.2) is 6.61 Å². The molecule has 9 heteroatoms. The highest BCUT2D eigenvalue weighted by molar-refractivity contribution is 6.31. The predicted molar refractivity (Wildman–Crippen MR) is 136 cm³/mol. The number of morpholine rings is 2. The Morgan fingerprint density at radius 1 is 0.944 bits per heavy atom. The van der Waals surface area contributed by atoms with Crippen LogP contribution in [0.1, 0.15) is 17.5 Å². The monoisotopic (exact) mass is 516 g/mol. The number of amides is 2. The molecule has 0 radical (unpaired) electrons. The number of aryl methyl sites for hydroxylation is 2. The van der Waals surface area contributed by atoms with Crippen molar-refractivity contribution in [2.24, 2.45) is 0 Å². The first-order valence-corrected chi connectivity index (χ1v) is 12.6. The maximum Gasteiger partial charge on any atom is 0.260 e. The zero-order valence-electron chi connectivity index (χ0n) is 20.8. The zero-order chi connectivity index (χ0) is 25.5. The lowest BCUT2D eigenvalue weighted by Crippen LogP contribution is -2.59. The maximum atomic E-state index is 13.2. The molecule has 2 aromatic rings. The molecule has 2 heterocycles. The topological polar surface area (TPSA) is 77.5 Å². The van der Waals surface area contributed by atoms with E-state index in [1.807, 2.05) is 44.2 Å². The van der Waals surface area contributed by atoms with Gasteiger partial charge in [0.25, 0.3) is 5.91 Å². The summed E-state index contributed by atoms with van der Waals surface area (Å²) in [6.45, 7) is 6.93. The van der Waals surface area contributed by atoms with Crippen LogP contribution in [0.2, 0.25) is 5.02 Å². The van der Waals surface area contributed by atoms with E-state index in [0.29, 0.717) is 56.0 Å². The van der Waals surface area contributed by atoms with Crippen molar-refractivity contribution in [2.45, 2.75) is 25.9 Å². The fourth-order valence-corrected chi connectivity index (χ4v) is 4.49. The Labute approximate surface area is 217 Å². The molecule has 0 aromatic heterocycles. The van der Waals surface area contributed by atoms with E-state index in [1.54, 1.807) is 21.9 Å². The molecule has 8 nitrogen and oxygen atoms in total. The smallest absolute Gasteiger partial charge is 0.260 e. The Balaban J connectivity index is 1.46. The average molecular weight is 517 g/mol. The van der Waals surface area contributed by atoms with E-state index in [9.17, 15) is 9.59 Å². The summed E-state index contributed by atoms with van der Waals surface area (Å²) in [5, 5.41) is 0.652. The third-order valence-corrected chi connectivity index (χ3v) is 6.94. The minimum absolute atomic E-state index is 0.0420. The van der Waals surface area contributed by atoms with Crippen LogP contribution >= 0.6 is 11.6 Å². The van der Waals surface area contributed by atoms with Gasteiger partial charge in [0, 0.05) is 24.7 Å². The van der Waals surface area contributed by atoms with E-state index in [4.69, 9.17) is 30.5 Å². The van der Waals surface area contributed by atoms with Gasteiger partial charge in [-0.15, -0.1) is 0 Å². The summed E-state index contributed by atoms with van der Waals surface area (Å²) in [6, 6.07) is 13.0. The van der Waals surface area contributed by atoms with Crippen molar-refractivity contribution in [3.63, 3.8) is 0 Å². The lowest BCUT2D eigenvalue weighted by Gasteiger charge is -2.43. The van der Waals surface area contributed by atoms with Gasteiger partial charge in [-0.25, -0.2) is 0 Å². The number of halogens is 1. The van der Waals surface area contributed by atoms with Crippen molar-refractivity contribution in [3.8, 4) is 11.5 Å². The fraction of sp³-hybridized carbons (Fsp3) is 0.481. The lowest BCUT2D eigenvalue weighted by atomic mass is 9.96. The molecule has 194 valence electrons. The molecule has 0 aliphatic carbocycles. The van der Waals surface area contributed by atoms with Crippen molar-refractivity contribution < 1.29 is 28.5 Å². The molecule has 2 amide bonds. The molecule has 1 atom stereocenters. The molecule has 2 saturated heterocycles. The number of hydrogen-bond donors (Lipinski definition) is 0. The fourth-order valence-electron chi connectivity index (χ4n) is 4.37. The quantitative estimate of drug-likeness (QED) is 0.536. The Kier molecular flexibility index (Phi) is 8.72. The van der Waals surface area contributed by atoms with E-state index in [1.165, 1.54) is 0 Å². The Hall–Kier alpha value is -2.81. The molecule has 2 aromatic carbocycles. The van der Waals surface area contributed by atoms with Crippen LogP contribution in [0.4, 0.5) is 0 Å². The largest absolute Gasteiger partial charge is 0.490 e. The van der Waals surface area contributed by atoms with Crippen molar-refractivity contribution >= 4 is 23.4 Å². The zero-order valence-corrected chi connectivity index (χ0v) is 21.6. The van der Waals surface area contributed by atoms with Crippen LogP contribution in [0.3, 0.4) is 0 Å². The van der Waals surface area contributed by atoms with Gasteiger partial charge in [0.05, 0.1) is 32.8 Å². The SMILES string of the molecule is Cc1cc(OC[C@]2(CC(=O)N3CCOCC3)CN(C(=O)COc3ccccc3C)CCO2)ccc1Cl. The van der Waals surface area contributed by atoms with Gasteiger partial charge < -0.3 is 28.7 Å². The Morgan fingerprint density at radius 3 is 2.44 bits per heavy atom. The third-order valence-electron chi connectivity index (χ3n) is 6.51. The van der Waals surface area contributed by atoms with Crippen LogP contribution in [0.15, 0.2) is 42.5 Å². The summed E-state index contributed by atoms with van der Waals surface area (Å²) < 4.78 is 23.5. The summed E-state index contributed by atoms with van der Waals surface area (Å²) in [4.78, 5) is 29.8. The summed E-state index contributed by atoms with van der Waals surface area (Å²) in [6.07, 6.45) is 0.0992. The van der Waals surface area contributed by atoms with Crippen LogP contribution in [0, 0.1) is 13.8 Å². The Bertz CT molecular complexity index is 1070. The second-order valence-corrected chi connectivity index (χ2v) is 9.68. The molecule has 2 aliphatic heterocycles. The number of rotatable bonds is 8. The van der Waals surface area contributed by atoms with E-state index in [2.05, 4.69) is 0 Å². The number of para-hydroxylation sites is 1. The van der Waals surface area contributed by atoms with Crippen LogP contribution in [-0.4, -0.2) is 86.4 Å². The molecule has 2 fully saturated rings. The normalized spacial score (nSPS) is 20.2. The summed E-state index contributed by atoms with van der Waals surface area (Å²) in [5.41, 5.74) is 0.867. The van der Waals surface area contributed by atoms with Gasteiger partial charge in [-0.05, 0) is 49.2 Å². The summed E-state index contributed by atoms with van der Waals surface area (Å²) in [7, 11) is 0. The third kappa shape index (κ3) is 6.69. The Morgan fingerprint density at radius 2 is 1.69 bits per heavy atom. The summed E-state index contributed by atoms with van der Waals surface area (Å²) in [5.74, 6) is 1.10. The van der Waals surface area contributed by atoms with Crippen molar-refractivity contribution in [3.05, 3.63) is 58.6 Å². The first kappa shape index (κ1) is 26.3. The maximum absolute atomic E-state index is 13.2. The predicted octanol–water partition coefficient (Wildman–Crippen LogP) is 3.26. The molecule has 0 spiro atoms. The van der Waals surface area contributed by atoms with Crippen molar-refractivity contribution in [1.29, 1.82) is 0 Å². The van der Waals surface area contributed by atoms with Crippen molar-refractivity contribution in [2.75, 3.05) is 59.2 Å². The van der Waals surface area contributed by atoms with Crippen LogP contribution in [0.25, 0.3) is 0 Å². The molecule has 0 unspecified atom stereocenters. The first-order valence-electron chi connectivity index (χ1n) is 12.2. The lowest BCUT2D eigenvalue weighted by molar-refractivity contribution is -0.168. The van der Waals surface area contributed by atoms with Gasteiger partial charge in [-0.2, -0.15) is 0 Å². The van der Waals surface area contributed by atoms with Crippen LogP contribution in [0.5, 0.6) is 11.5 Å². The molecule has 0 bridgehead atoms. The van der Waals surface area contributed by atoms with Crippen LogP contribution < -0.4 is 9.47 Å². The standard InChI is InChI=1S/C27H33ClN2O6/c1-20-5-3-4-6-24(20)34-17-26(32)30-11-14-36-27(18-30,16-25(31)29-9-12-33-13-10-29)19-35-22-7-8-23(28)21(2)15-22/h3-8,15H,9-14,16-19H2,1-2H3/t27-/m0/s1. The van der Waals surface area contributed by atoms with Crippen LogP contribution in [-0.2, 0) is 19.1 Å². The van der Waals surface area contributed by atoms with E-state index >= 15 is 0 Å². The minimum atomic E-state index is -0.987. The highest BCUT2D eigenvalue weighted by atomic mass is 35.5. The molecule has 2 aliphatic rings. The molecule has 0 saturated carbocycles. The number of benzene rings is 2. The molecule has 0 N–H and O–H groups in total. The number of carbonyl (C=O) groups is 2. The van der Waals surface area contributed by atoms with Gasteiger partial charge >= 0.3 is 0 Å². The number of nitrogens with zero attached hydrogens (tertiary/aromatic N) is 2. The van der Waals surface area contributed by atoms with E-state index in [-0.39, 0.29) is 38.0 Å². The van der Waals surface area contributed by atoms with Gasteiger partial charge in [-0.1, -0.05) is 29.8 Å². The first-order chi connectivity index (χ1) is 17.3. The average Bonchev–Trinajstić information content (AvgIpc) is 2.89. The molecule has 36 heavy (non-hydrogen) atoms. The van der Waals surface area contributed by atoms with Gasteiger partial charge in [0.1, 0.15) is 23.7 Å². The minimum Gasteiger partial charge on any atom is -0.490 e.